The summed E-state index contributed by atoms with van der Waals surface area (Å²) in [6.07, 6.45) is 4.55. The molecule has 1 aromatic carbocycles. The lowest BCUT2D eigenvalue weighted by atomic mass is 10.1. The first kappa shape index (κ1) is 18.2. The lowest BCUT2D eigenvalue weighted by Crippen LogP contribution is -1.99. The van der Waals surface area contributed by atoms with Crippen molar-refractivity contribution in [2.75, 3.05) is 0 Å². The van der Waals surface area contributed by atoms with Gasteiger partial charge >= 0.3 is 0 Å². The van der Waals surface area contributed by atoms with E-state index in [0.29, 0.717) is 12.1 Å². The molecule has 1 aromatic heterocycles. The Morgan fingerprint density at radius 1 is 1.25 bits per heavy atom. The molecule has 0 saturated heterocycles. The fourth-order valence-corrected chi connectivity index (χ4v) is 2.88. The van der Waals surface area contributed by atoms with Crippen LogP contribution in [0.1, 0.15) is 64.5 Å². The predicted molar refractivity (Wildman–Crippen MR) is 97.0 cm³/mol. The monoisotopic (exact) mass is 329 g/mol. The normalized spacial score (nSPS) is 11.9. The average molecular weight is 329 g/mol. The van der Waals surface area contributed by atoms with Crippen molar-refractivity contribution in [2.45, 2.75) is 65.8 Å². The summed E-state index contributed by atoms with van der Waals surface area (Å²) >= 11 is 0. The highest BCUT2D eigenvalue weighted by Crippen LogP contribution is 2.41. The van der Waals surface area contributed by atoms with Gasteiger partial charge in [-0.05, 0) is 39.3 Å². The van der Waals surface area contributed by atoms with E-state index in [-0.39, 0.29) is 17.8 Å². The number of amides is 1. The fourth-order valence-electron chi connectivity index (χ4n) is 2.88. The van der Waals surface area contributed by atoms with E-state index in [1.54, 1.807) is 0 Å². The maximum Gasteiger partial charge on any atom is 0.264 e. The molecule has 0 fully saturated rings. The number of aryl methyl sites for hydroxylation is 1. The largest absolute Gasteiger partial charge is 0.493 e. The molecule has 24 heavy (non-hydrogen) atoms. The number of carbonyl (C=O) groups is 1. The van der Waals surface area contributed by atoms with Crippen LogP contribution >= 0.6 is 0 Å². The van der Waals surface area contributed by atoms with Crippen LogP contribution in [0.3, 0.4) is 0 Å². The van der Waals surface area contributed by atoms with Gasteiger partial charge in [0.15, 0.2) is 5.69 Å². The first-order valence-electron chi connectivity index (χ1n) is 8.73. The highest BCUT2D eigenvalue weighted by molar-refractivity contribution is 5.95. The topological polar surface area (TPSA) is 66.9 Å². The van der Waals surface area contributed by atoms with Crippen LogP contribution in [-0.2, 0) is 4.79 Å². The molecule has 0 aliphatic carbocycles. The number of hydrogen-bond acceptors (Lipinski definition) is 3. The van der Waals surface area contributed by atoms with Crippen molar-refractivity contribution in [3.05, 3.63) is 23.8 Å². The standard InChI is InChI=1S/C19H27N3O2/c1-5-6-7-8-9-17(23)20-21-18-15-12-14(4)10-11-16(15)22(13(2)3)19(18)24/h10-13,24H,5-9H2,1-4H3. The van der Waals surface area contributed by atoms with Crippen molar-refractivity contribution < 1.29 is 9.90 Å². The van der Waals surface area contributed by atoms with Gasteiger partial charge in [-0.3, -0.25) is 4.79 Å². The first-order valence-corrected chi connectivity index (χ1v) is 8.73. The fraction of sp³-hybridized carbons (Fsp3) is 0.526. The SMILES string of the molecule is CCCCCCC(=O)N=Nc1c(O)n(C(C)C)c2ccc(C)cc12. The minimum atomic E-state index is -0.233. The van der Waals surface area contributed by atoms with Crippen LogP contribution in [0.5, 0.6) is 5.88 Å². The van der Waals surface area contributed by atoms with Crippen molar-refractivity contribution in [1.29, 1.82) is 0 Å². The molecule has 0 aliphatic heterocycles. The summed E-state index contributed by atoms with van der Waals surface area (Å²) in [4.78, 5) is 11.9. The zero-order valence-corrected chi connectivity index (χ0v) is 15.0. The number of azo groups is 1. The van der Waals surface area contributed by atoms with E-state index < -0.39 is 0 Å². The van der Waals surface area contributed by atoms with Crippen molar-refractivity contribution >= 4 is 22.5 Å². The smallest absolute Gasteiger partial charge is 0.264 e. The molecule has 1 amide bonds. The van der Waals surface area contributed by atoms with Crippen molar-refractivity contribution in [1.82, 2.24) is 4.57 Å². The lowest BCUT2D eigenvalue weighted by molar-refractivity contribution is -0.118. The predicted octanol–water partition coefficient (Wildman–Crippen LogP) is 5.82. The molecule has 0 spiro atoms. The molecule has 5 heteroatoms. The van der Waals surface area contributed by atoms with E-state index in [4.69, 9.17) is 0 Å². The number of aromatic nitrogens is 1. The molecule has 0 radical (unpaired) electrons. The maximum absolute atomic E-state index is 11.9. The maximum atomic E-state index is 11.9. The number of unbranched alkanes of at least 4 members (excludes halogenated alkanes) is 3. The van der Waals surface area contributed by atoms with Gasteiger partial charge in [0.2, 0.25) is 5.88 Å². The van der Waals surface area contributed by atoms with Gasteiger partial charge < -0.3 is 9.67 Å². The summed E-state index contributed by atoms with van der Waals surface area (Å²) in [5.41, 5.74) is 2.35. The highest BCUT2D eigenvalue weighted by Gasteiger charge is 2.18. The molecule has 0 atom stereocenters. The van der Waals surface area contributed by atoms with Crippen LogP contribution in [0.15, 0.2) is 28.4 Å². The van der Waals surface area contributed by atoms with Gasteiger partial charge in [-0.25, -0.2) is 0 Å². The summed E-state index contributed by atoms with van der Waals surface area (Å²) in [6, 6.07) is 6.02. The third-order valence-corrected chi connectivity index (χ3v) is 4.13. The molecule has 0 unspecified atom stereocenters. The second-order valence-corrected chi connectivity index (χ2v) is 6.56. The van der Waals surface area contributed by atoms with Crippen LogP contribution in [0, 0.1) is 6.92 Å². The minimum absolute atomic E-state index is 0.0631. The van der Waals surface area contributed by atoms with Gasteiger partial charge in [-0.1, -0.05) is 37.8 Å². The Kier molecular flexibility index (Phi) is 6.12. The van der Waals surface area contributed by atoms with Crippen LogP contribution in [0.2, 0.25) is 0 Å². The van der Waals surface area contributed by atoms with Crippen LogP contribution in [-0.4, -0.2) is 15.6 Å². The molecule has 2 rings (SSSR count). The van der Waals surface area contributed by atoms with Gasteiger partial charge in [0.05, 0.1) is 5.52 Å². The average Bonchev–Trinajstić information content (AvgIpc) is 2.80. The highest BCUT2D eigenvalue weighted by atomic mass is 16.3. The van der Waals surface area contributed by atoms with Crippen molar-refractivity contribution in [3.8, 4) is 5.88 Å². The number of carbonyl (C=O) groups excluding carboxylic acids is 1. The summed E-state index contributed by atoms with van der Waals surface area (Å²) in [6.45, 7) is 8.12. The van der Waals surface area contributed by atoms with Crippen LogP contribution in [0.4, 0.5) is 5.69 Å². The number of hydrogen-bond donors (Lipinski definition) is 1. The van der Waals surface area contributed by atoms with Crippen LogP contribution < -0.4 is 0 Å². The van der Waals surface area contributed by atoms with Gasteiger partial charge in [0.1, 0.15) is 0 Å². The van der Waals surface area contributed by atoms with E-state index >= 15 is 0 Å². The van der Waals surface area contributed by atoms with Gasteiger partial charge in [-0.15, -0.1) is 10.2 Å². The Bertz CT molecular complexity index is 745. The Balaban J connectivity index is 2.28. The van der Waals surface area contributed by atoms with Gasteiger partial charge in [0, 0.05) is 17.8 Å². The number of rotatable bonds is 7. The number of benzene rings is 1. The summed E-state index contributed by atoms with van der Waals surface area (Å²) in [7, 11) is 0. The van der Waals surface area contributed by atoms with Crippen LogP contribution in [0.25, 0.3) is 10.9 Å². The molecular weight excluding hydrogens is 302 g/mol. The zero-order chi connectivity index (χ0) is 17.7. The first-order chi connectivity index (χ1) is 11.5. The van der Waals surface area contributed by atoms with Crippen molar-refractivity contribution in [3.63, 3.8) is 0 Å². The molecule has 0 bridgehead atoms. The van der Waals surface area contributed by atoms with E-state index in [2.05, 4.69) is 17.2 Å². The molecule has 0 aliphatic rings. The molecule has 1 N–H and O–H groups in total. The van der Waals surface area contributed by atoms with Crippen molar-refractivity contribution in [2.24, 2.45) is 10.2 Å². The summed E-state index contributed by atoms with van der Waals surface area (Å²) in [5, 5.41) is 19.3. The molecule has 0 saturated carbocycles. The zero-order valence-electron chi connectivity index (χ0n) is 15.0. The Morgan fingerprint density at radius 3 is 2.67 bits per heavy atom. The number of aromatic hydroxyl groups is 1. The third kappa shape index (κ3) is 4.02. The molecule has 1 heterocycles. The Morgan fingerprint density at radius 2 is 2.00 bits per heavy atom. The van der Waals surface area contributed by atoms with E-state index in [1.807, 2.05) is 43.5 Å². The van der Waals surface area contributed by atoms with E-state index in [1.165, 1.54) is 0 Å². The Hall–Kier alpha value is -2.17. The Labute approximate surface area is 143 Å². The van der Waals surface area contributed by atoms with E-state index in [9.17, 15) is 9.90 Å². The second kappa shape index (κ2) is 8.08. The summed E-state index contributed by atoms with van der Waals surface area (Å²) < 4.78 is 1.81. The molecule has 130 valence electrons. The van der Waals surface area contributed by atoms with E-state index in [0.717, 1.165) is 42.1 Å². The lowest BCUT2D eigenvalue weighted by Gasteiger charge is -2.10. The van der Waals surface area contributed by atoms with Gasteiger partial charge in [-0.2, -0.15) is 0 Å². The molecule has 2 aromatic rings. The molecular formula is C19H27N3O2. The van der Waals surface area contributed by atoms with Gasteiger partial charge in [0.25, 0.3) is 5.91 Å². The number of fused-ring (bicyclic) bond motifs is 1. The third-order valence-electron chi connectivity index (χ3n) is 4.13. The number of nitrogens with zero attached hydrogens (tertiary/aromatic N) is 3. The minimum Gasteiger partial charge on any atom is -0.493 e. The summed E-state index contributed by atoms with van der Waals surface area (Å²) in [5.74, 6) is -0.170. The second-order valence-electron chi connectivity index (χ2n) is 6.56. The molecule has 5 nitrogen and oxygen atoms in total. The quantitative estimate of drug-likeness (QED) is 0.514.